The molecule has 2 rings (SSSR count). The van der Waals surface area contributed by atoms with E-state index in [1.165, 1.54) is 6.40 Å². The monoisotopic (exact) mass is 240 g/mol. The van der Waals surface area contributed by atoms with Gasteiger partial charge in [-0.3, -0.25) is 0 Å². The molecule has 1 aromatic rings. The molecule has 0 fully saturated rings. The van der Waals surface area contributed by atoms with E-state index < -0.39 is 15.5 Å². The summed E-state index contributed by atoms with van der Waals surface area (Å²) in [7, 11) is -3.36. The number of hydroxylamine groups is 1. The van der Waals surface area contributed by atoms with Gasteiger partial charge < -0.3 is 4.84 Å². The quantitative estimate of drug-likeness (QED) is 0.846. The minimum absolute atomic E-state index is 0.138. The summed E-state index contributed by atoms with van der Waals surface area (Å²) in [6.45, 7) is 1.66. The zero-order chi connectivity index (χ0) is 11.6. The Morgan fingerprint density at radius 2 is 2.06 bits per heavy atom. The molecule has 0 aliphatic carbocycles. The Labute approximate surface area is 94.0 Å². The summed E-state index contributed by atoms with van der Waals surface area (Å²) in [5.74, 6) is -0.138. The van der Waals surface area contributed by atoms with Crippen molar-refractivity contribution in [1.29, 1.82) is 0 Å². The zero-order valence-corrected chi connectivity index (χ0v) is 9.57. The molecule has 0 aromatic heterocycles. The van der Waals surface area contributed by atoms with Crippen molar-refractivity contribution in [2.45, 2.75) is 17.5 Å². The number of nitrogens with zero attached hydrogens (tertiary/aromatic N) is 1. The Hall–Kier alpha value is -1.40. The summed E-state index contributed by atoms with van der Waals surface area (Å²) in [6.07, 6.45) is 1.21. The lowest BCUT2D eigenvalue weighted by Gasteiger charge is -2.18. The average Bonchev–Trinajstić information content (AvgIpc) is 2.65. The molecule has 6 heteroatoms. The Balaban J connectivity index is 2.25. The van der Waals surface area contributed by atoms with Crippen LogP contribution in [0.5, 0.6) is 0 Å². The van der Waals surface area contributed by atoms with Crippen LogP contribution in [0.1, 0.15) is 6.92 Å². The molecular formula is C10H12N2O3S. The van der Waals surface area contributed by atoms with Crippen molar-refractivity contribution in [3.63, 3.8) is 0 Å². The number of aliphatic imine (C=N–C) groups is 1. The molecule has 0 radical (unpaired) electrons. The van der Waals surface area contributed by atoms with Crippen molar-refractivity contribution in [3.8, 4) is 0 Å². The van der Waals surface area contributed by atoms with Crippen molar-refractivity contribution in [1.82, 2.24) is 5.48 Å². The third kappa shape index (κ3) is 2.23. The summed E-state index contributed by atoms with van der Waals surface area (Å²) in [5, 5.41) is 0. The molecule has 0 spiro atoms. The largest absolute Gasteiger partial charge is 0.394 e. The molecule has 1 aromatic carbocycles. The third-order valence-corrected chi connectivity index (χ3v) is 4.18. The van der Waals surface area contributed by atoms with Gasteiger partial charge in [-0.15, -0.1) is 5.48 Å². The number of benzene rings is 1. The molecular weight excluding hydrogens is 228 g/mol. The predicted molar refractivity (Wildman–Crippen MR) is 59.6 cm³/mol. The normalized spacial score (nSPS) is 24.3. The molecule has 1 aliphatic rings. The van der Waals surface area contributed by atoms with E-state index in [9.17, 15) is 8.42 Å². The molecule has 86 valence electrons. The Kier molecular flexibility index (Phi) is 2.69. The molecule has 1 heterocycles. The van der Waals surface area contributed by atoms with Crippen LogP contribution in [0.15, 0.2) is 40.2 Å². The lowest BCUT2D eigenvalue weighted by atomic mass is 10.3. The molecule has 0 saturated heterocycles. The molecule has 0 bridgehead atoms. The molecule has 1 unspecified atom stereocenters. The fourth-order valence-corrected chi connectivity index (χ4v) is 3.08. The van der Waals surface area contributed by atoms with Gasteiger partial charge >= 0.3 is 0 Å². The van der Waals surface area contributed by atoms with E-state index in [-0.39, 0.29) is 5.75 Å². The number of rotatable bonds is 3. The summed E-state index contributed by atoms with van der Waals surface area (Å²) in [6, 6.07) is 8.29. The van der Waals surface area contributed by atoms with E-state index in [4.69, 9.17) is 4.84 Å². The smallest absolute Gasteiger partial charge is 0.198 e. The Bertz CT molecular complexity index is 498. The van der Waals surface area contributed by atoms with Gasteiger partial charge in [0.2, 0.25) is 0 Å². The topological polar surface area (TPSA) is 67.8 Å². The molecule has 1 aliphatic heterocycles. The van der Waals surface area contributed by atoms with Crippen LogP contribution >= 0.6 is 0 Å². The highest BCUT2D eigenvalue weighted by molar-refractivity contribution is 7.91. The second-order valence-electron chi connectivity index (χ2n) is 3.80. The SMILES string of the molecule is CC1(CS(=O)(=O)c2ccccc2)N=CON1. The van der Waals surface area contributed by atoms with Crippen molar-refractivity contribution in [2.75, 3.05) is 5.75 Å². The van der Waals surface area contributed by atoms with E-state index >= 15 is 0 Å². The Morgan fingerprint density at radius 1 is 1.38 bits per heavy atom. The second-order valence-corrected chi connectivity index (χ2v) is 5.79. The van der Waals surface area contributed by atoms with Gasteiger partial charge in [0, 0.05) is 0 Å². The number of hydrogen-bond acceptors (Lipinski definition) is 5. The first-order chi connectivity index (χ1) is 7.52. The maximum Gasteiger partial charge on any atom is 0.198 e. The van der Waals surface area contributed by atoms with Crippen molar-refractivity contribution in [3.05, 3.63) is 30.3 Å². The van der Waals surface area contributed by atoms with Crippen LogP contribution in [0.4, 0.5) is 0 Å². The summed E-state index contributed by atoms with van der Waals surface area (Å²) < 4.78 is 24.0. The molecule has 0 amide bonds. The van der Waals surface area contributed by atoms with E-state index in [1.807, 2.05) is 0 Å². The number of sulfone groups is 1. The lowest BCUT2D eigenvalue weighted by molar-refractivity contribution is 0.147. The van der Waals surface area contributed by atoms with Crippen molar-refractivity contribution >= 4 is 16.2 Å². The van der Waals surface area contributed by atoms with Crippen LogP contribution in [0.2, 0.25) is 0 Å². The minimum atomic E-state index is -3.36. The fraction of sp³-hybridized carbons (Fsp3) is 0.300. The van der Waals surface area contributed by atoms with Gasteiger partial charge in [-0.1, -0.05) is 18.2 Å². The Morgan fingerprint density at radius 3 is 2.62 bits per heavy atom. The van der Waals surface area contributed by atoms with Crippen molar-refractivity contribution < 1.29 is 13.3 Å². The first-order valence-corrected chi connectivity index (χ1v) is 6.41. The second kappa shape index (κ2) is 3.88. The molecule has 1 N–H and O–H groups in total. The first kappa shape index (κ1) is 11.1. The van der Waals surface area contributed by atoms with Gasteiger partial charge in [0.15, 0.2) is 21.9 Å². The third-order valence-electron chi connectivity index (χ3n) is 2.24. The van der Waals surface area contributed by atoms with Crippen LogP contribution < -0.4 is 5.48 Å². The standard InChI is InChI=1S/C10H12N2O3S/c1-10(11-8-15-12-10)7-16(13,14)9-5-3-2-4-6-9/h2-6,8,12H,7H2,1H3. The van der Waals surface area contributed by atoms with Crippen LogP contribution in [0.3, 0.4) is 0 Å². The summed E-state index contributed by atoms with van der Waals surface area (Å²) >= 11 is 0. The van der Waals surface area contributed by atoms with Gasteiger partial charge in [0.25, 0.3) is 0 Å². The van der Waals surface area contributed by atoms with Crippen LogP contribution in [-0.4, -0.2) is 26.2 Å². The highest BCUT2D eigenvalue weighted by Gasteiger charge is 2.34. The molecule has 5 nitrogen and oxygen atoms in total. The molecule has 16 heavy (non-hydrogen) atoms. The average molecular weight is 240 g/mol. The van der Waals surface area contributed by atoms with Crippen molar-refractivity contribution in [2.24, 2.45) is 4.99 Å². The van der Waals surface area contributed by atoms with Crippen LogP contribution in [0.25, 0.3) is 0 Å². The van der Waals surface area contributed by atoms with Gasteiger partial charge in [-0.05, 0) is 19.1 Å². The van der Waals surface area contributed by atoms with E-state index in [2.05, 4.69) is 10.5 Å². The molecule has 0 saturated carbocycles. The van der Waals surface area contributed by atoms with Gasteiger partial charge in [-0.25, -0.2) is 13.4 Å². The maximum atomic E-state index is 12.0. The summed E-state index contributed by atoms with van der Waals surface area (Å²) in [5.41, 5.74) is 1.65. The highest BCUT2D eigenvalue weighted by Crippen LogP contribution is 2.19. The molecule has 1 atom stereocenters. The number of nitrogens with one attached hydrogen (secondary N) is 1. The van der Waals surface area contributed by atoms with E-state index in [1.54, 1.807) is 37.3 Å². The zero-order valence-electron chi connectivity index (χ0n) is 8.75. The predicted octanol–water partition coefficient (Wildman–Crippen LogP) is 0.740. The van der Waals surface area contributed by atoms with Gasteiger partial charge in [0.05, 0.1) is 10.6 Å². The van der Waals surface area contributed by atoms with E-state index in [0.29, 0.717) is 4.90 Å². The number of hydrogen-bond donors (Lipinski definition) is 1. The maximum absolute atomic E-state index is 12.0. The van der Waals surface area contributed by atoms with E-state index in [0.717, 1.165) is 0 Å². The summed E-state index contributed by atoms with van der Waals surface area (Å²) in [4.78, 5) is 8.97. The van der Waals surface area contributed by atoms with Crippen LogP contribution in [-0.2, 0) is 14.7 Å². The first-order valence-electron chi connectivity index (χ1n) is 4.76. The van der Waals surface area contributed by atoms with Crippen LogP contribution in [0, 0.1) is 0 Å². The fourth-order valence-electron chi connectivity index (χ4n) is 1.47. The highest BCUT2D eigenvalue weighted by atomic mass is 32.2. The van der Waals surface area contributed by atoms with Gasteiger partial charge in [-0.2, -0.15) is 0 Å². The lowest BCUT2D eigenvalue weighted by Crippen LogP contribution is -2.42. The van der Waals surface area contributed by atoms with Gasteiger partial charge in [0.1, 0.15) is 0 Å². The minimum Gasteiger partial charge on any atom is -0.394 e.